The van der Waals surface area contributed by atoms with Gasteiger partial charge in [-0.25, -0.2) is 0 Å². The Morgan fingerprint density at radius 3 is 2.28 bits per heavy atom. The molecular formula is C20H30NO4+. The molecule has 2 aliphatic rings. The minimum absolute atomic E-state index is 0.0835. The second-order valence-electron chi connectivity index (χ2n) is 7.81. The molecule has 3 rings (SSSR count). The molecule has 2 saturated heterocycles. The number of piperidine rings is 1. The Hall–Kier alpha value is -1.43. The van der Waals surface area contributed by atoms with E-state index in [1.54, 1.807) is 0 Å². The van der Waals surface area contributed by atoms with Gasteiger partial charge in [0.15, 0.2) is 0 Å². The maximum absolute atomic E-state index is 12.6. The van der Waals surface area contributed by atoms with Crippen LogP contribution in [0.1, 0.15) is 44.1 Å². The summed E-state index contributed by atoms with van der Waals surface area (Å²) in [4.78, 5) is 12.6. The van der Waals surface area contributed by atoms with Crippen molar-refractivity contribution in [3.05, 3.63) is 35.9 Å². The fourth-order valence-corrected chi connectivity index (χ4v) is 4.87. The first-order valence-electron chi connectivity index (χ1n) is 9.33. The Morgan fingerprint density at radius 2 is 1.76 bits per heavy atom. The van der Waals surface area contributed by atoms with Crippen LogP contribution >= 0.6 is 0 Å². The number of nitrogens with zero attached hydrogens (tertiary/aromatic N) is 1. The van der Waals surface area contributed by atoms with Crippen molar-refractivity contribution in [1.29, 1.82) is 0 Å². The molecule has 1 aromatic rings. The van der Waals surface area contributed by atoms with E-state index >= 15 is 0 Å². The minimum atomic E-state index is -0.613. The van der Waals surface area contributed by atoms with Crippen molar-refractivity contribution < 1.29 is 24.2 Å². The molecule has 0 aliphatic carbocycles. The third kappa shape index (κ3) is 3.33. The number of hydrogen-bond acceptors (Lipinski definition) is 4. The maximum Gasteiger partial charge on any atom is 0.316 e. The highest BCUT2D eigenvalue weighted by Gasteiger charge is 2.54. The van der Waals surface area contributed by atoms with Crippen LogP contribution in [0.4, 0.5) is 0 Å². The highest BCUT2D eigenvalue weighted by molar-refractivity contribution is 5.78. The molecule has 4 atom stereocenters. The van der Waals surface area contributed by atoms with Crippen molar-refractivity contribution >= 4 is 5.97 Å². The Kier molecular flexibility index (Phi) is 5.46. The van der Waals surface area contributed by atoms with E-state index in [1.165, 1.54) is 0 Å². The zero-order chi connectivity index (χ0) is 18.0. The van der Waals surface area contributed by atoms with Gasteiger partial charge in [-0.2, -0.15) is 0 Å². The molecule has 2 bridgehead atoms. The predicted octanol–water partition coefficient (Wildman–Crippen LogP) is 1.83. The summed E-state index contributed by atoms with van der Waals surface area (Å²) in [6, 6.07) is 10.4. The van der Waals surface area contributed by atoms with Crippen LogP contribution in [0.2, 0.25) is 0 Å². The van der Waals surface area contributed by atoms with Gasteiger partial charge in [0.1, 0.15) is 18.1 Å². The number of carbonyl (C=O) groups is 1. The molecule has 2 heterocycles. The average molecular weight is 348 g/mol. The van der Waals surface area contributed by atoms with Gasteiger partial charge in [0, 0.05) is 25.7 Å². The highest BCUT2D eigenvalue weighted by atomic mass is 16.5. The van der Waals surface area contributed by atoms with Crippen LogP contribution in [0.5, 0.6) is 0 Å². The molecule has 138 valence electrons. The first-order chi connectivity index (χ1) is 12.0. The van der Waals surface area contributed by atoms with Crippen LogP contribution in [0.15, 0.2) is 30.3 Å². The van der Waals surface area contributed by atoms with Crippen molar-refractivity contribution in [2.45, 2.75) is 62.8 Å². The molecule has 2 N–H and O–H groups in total. The minimum Gasteiger partial charge on any atom is -0.461 e. The molecule has 0 spiro atoms. The predicted molar refractivity (Wildman–Crippen MR) is 94.9 cm³/mol. The SMILES string of the molecule is CC(CO)[N+]1(C)C2CCC1CC(OC(=O)C(CO)c1ccccc1)C2. The van der Waals surface area contributed by atoms with E-state index in [0.29, 0.717) is 12.1 Å². The Morgan fingerprint density at radius 1 is 1.16 bits per heavy atom. The van der Waals surface area contributed by atoms with Gasteiger partial charge in [0.25, 0.3) is 0 Å². The zero-order valence-electron chi connectivity index (χ0n) is 15.2. The number of quaternary nitrogens is 1. The molecule has 0 aromatic heterocycles. The molecule has 2 aliphatic heterocycles. The summed E-state index contributed by atoms with van der Waals surface area (Å²) in [5.74, 6) is -0.942. The lowest BCUT2D eigenvalue weighted by atomic mass is 9.94. The topological polar surface area (TPSA) is 66.8 Å². The second-order valence-corrected chi connectivity index (χ2v) is 7.81. The van der Waals surface area contributed by atoms with Crippen LogP contribution in [0.3, 0.4) is 0 Å². The fraction of sp³-hybridized carbons (Fsp3) is 0.650. The summed E-state index contributed by atoms with van der Waals surface area (Å²) in [6.07, 6.45) is 3.86. The first kappa shape index (κ1) is 18.4. The smallest absolute Gasteiger partial charge is 0.316 e. The summed E-state index contributed by atoms with van der Waals surface area (Å²) in [5, 5.41) is 19.3. The number of rotatable bonds is 6. The summed E-state index contributed by atoms with van der Waals surface area (Å²) in [7, 11) is 2.24. The van der Waals surface area contributed by atoms with Gasteiger partial charge in [-0.15, -0.1) is 0 Å². The van der Waals surface area contributed by atoms with Crippen LogP contribution in [-0.2, 0) is 9.53 Å². The van der Waals surface area contributed by atoms with E-state index in [0.717, 1.165) is 35.7 Å². The van der Waals surface area contributed by atoms with Gasteiger partial charge in [0.05, 0.1) is 32.3 Å². The normalized spacial score (nSPS) is 33.7. The van der Waals surface area contributed by atoms with E-state index < -0.39 is 5.92 Å². The second kappa shape index (κ2) is 7.44. The summed E-state index contributed by atoms with van der Waals surface area (Å²) in [5.41, 5.74) is 0.795. The first-order valence-corrected chi connectivity index (χ1v) is 9.33. The van der Waals surface area contributed by atoms with E-state index in [9.17, 15) is 15.0 Å². The van der Waals surface area contributed by atoms with Crippen molar-refractivity contribution in [1.82, 2.24) is 0 Å². The molecule has 0 radical (unpaired) electrons. The lowest BCUT2D eigenvalue weighted by Gasteiger charge is -2.50. The van der Waals surface area contributed by atoms with E-state index in [-0.39, 0.29) is 31.3 Å². The maximum atomic E-state index is 12.6. The van der Waals surface area contributed by atoms with E-state index in [2.05, 4.69) is 14.0 Å². The standard InChI is InChI=1S/C20H30NO4/c1-14(12-22)21(2)16-8-9-17(21)11-18(10-16)25-20(24)19(13-23)15-6-4-3-5-7-15/h3-7,14,16-19,22-23H,8-13H2,1-2H3/q+1. The van der Waals surface area contributed by atoms with E-state index in [1.807, 2.05) is 30.3 Å². The van der Waals surface area contributed by atoms with Crippen molar-refractivity contribution in [3.8, 4) is 0 Å². The summed E-state index contributed by atoms with van der Waals surface area (Å²) in [6.45, 7) is 2.06. The van der Waals surface area contributed by atoms with Crippen molar-refractivity contribution in [2.75, 3.05) is 20.3 Å². The number of aliphatic hydroxyl groups excluding tert-OH is 2. The molecule has 25 heavy (non-hydrogen) atoms. The number of likely N-dealkylation sites (N-methyl/N-ethyl adjacent to an activating group) is 1. The lowest BCUT2D eigenvalue weighted by molar-refractivity contribution is -0.970. The van der Waals surface area contributed by atoms with Crippen molar-refractivity contribution in [2.24, 2.45) is 0 Å². The van der Waals surface area contributed by atoms with Gasteiger partial charge in [-0.3, -0.25) is 4.79 Å². The van der Waals surface area contributed by atoms with Gasteiger partial charge in [-0.1, -0.05) is 30.3 Å². The van der Waals surface area contributed by atoms with Crippen LogP contribution in [0, 0.1) is 0 Å². The Labute approximate surface area is 149 Å². The van der Waals surface area contributed by atoms with Gasteiger partial charge in [-0.05, 0) is 12.5 Å². The third-order valence-electron chi connectivity index (χ3n) is 6.64. The molecule has 0 amide bonds. The van der Waals surface area contributed by atoms with E-state index in [4.69, 9.17) is 4.74 Å². The van der Waals surface area contributed by atoms with Crippen LogP contribution in [-0.4, -0.2) is 65.2 Å². The van der Waals surface area contributed by atoms with Crippen LogP contribution in [0.25, 0.3) is 0 Å². The Balaban J connectivity index is 1.66. The van der Waals surface area contributed by atoms with Gasteiger partial charge in [0.2, 0.25) is 0 Å². The zero-order valence-corrected chi connectivity index (χ0v) is 15.2. The molecular weight excluding hydrogens is 318 g/mol. The van der Waals surface area contributed by atoms with Crippen LogP contribution < -0.4 is 0 Å². The largest absolute Gasteiger partial charge is 0.461 e. The Bertz CT molecular complexity index is 577. The molecule has 5 heteroatoms. The molecule has 5 nitrogen and oxygen atoms in total. The average Bonchev–Trinajstić information content (AvgIpc) is 2.80. The van der Waals surface area contributed by atoms with Gasteiger partial charge >= 0.3 is 5.97 Å². The van der Waals surface area contributed by atoms with Crippen molar-refractivity contribution in [3.63, 3.8) is 0 Å². The number of benzene rings is 1. The van der Waals surface area contributed by atoms with Gasteiger partial charge < -0.3 is 19.4 Å². The number of esters is 1. The number of hydrogen-bond donors (Lipinski definition) is 2. The number of carbonyl (C=O) groups excluding carboxylic acids is 1. The quantitative estimate of drug-likeness (QED) is 0.608. The molecule has 2 fully saturated rings. The summed E-state index contributed by atoms with van der Waals surface area (Å²) >= 11 is 0. The lowest BCUT2D eigenvalue weighted by Crippen LogP contribution is -2.64. The molecule has 1 aromatic carbocycles. The summed E-state index contributed by atoms with van der Waals surface area (Å²) < 4.78 is 6.71. The number of aliphatic hydroxyl groups is 2. The molecule has 4 unspecified atom stereocenters. The highest BCUT2D eigenvalue weighted by Crippen LogP contribution is 2.44. The third-order valence-corrected chi connectivity index (χ3v) is 6.64. The monoisotopic (exact) mass is 348 g/mol. The number of fused-ring (bicyclic) bond motifs is 2. The number of ether oxygens (including phenoxy) is 1. The molecule has 0 saturated carbocycles. The fourth-order valence-electron chi connectivity index (χ4n) is 4.87.